The molecule has 1 aromatic rings. The van der Waals surface area contributed by atoms with Crippen molar-refractivity contribution in [1.29, 1.82) is 0 Å². The number of hydrogen-bond donors (Lipinski definition) is 0. The average molecular weight is 810 g/mol. The molecule has 0 atom stereocenters. The first kappa shape index (κ1) is 51.0. The molecule has 0 bridgehead atoms. The molecule has 8 nitrogen and oxygen atoms in total. The maximum absolute atomic E-state index is 13.9. The van der Waals surface area contributed by atoms with Crippen LogP contribution in [0.15, 0.2) is 18.5 Å². The summed E-state index contributed by atoms with van der Waals surface area (Å²) in [5.41, 5.74) is 3.22. The van der Waals surface area contributed by atoms with E-state index in [0.717, 1.165) is 44.1 Å². The summed E-state index contributed by atoms with van der Waals surface area (Å²) in [5, 5.41) is 0. The van der Waals surface area contributed by atoms with Crippen molar-refractivity contribution in [3.8, 4) is 0 Å². The molecule has 1 aromatic heterocycles. The highest BCUT2D eigenvalue weighted by atomic mass is 16.5. The van der Waals surface area contributed by atoms with Crippen LogP contribution >= 0.6 is 0 Å². The minimum atomic E-state index is -0.452. The third-order valence-corrected chi connectivity index (χ3v) is 11.4. The van der Waals surface area contributed by atoms with Crippen LogP contribution in [0.25, 0.3) is 5.57 Å². The highest BCUT2D eigenvalue weighted by molar-refractivity contribution is 6.04. The minimum absolute atomic E-state index is 0.0303. The summed E-state index contributed by atoms with van der Waals surface area (Å²) in [7, 11) is 0. The second-order valence-corrected chi connectivity index (χ2v) is 16.7. The van der Waals surface area contributed by atoms with E-state index in [1.54, 1.807) is 11.8 Å². The molecule has 0 amide bonds. The highest BCUT2D eigenvalue weighted by Crippen LogP contribution is 2.32. The lowest BCUT2D eigenvalue weighted by Crippen LogP contribution is -2.28. The van der Waals surface area contributed by atoms with E-state index in [4.69, 9.17) is 14.2 Å². The average Bonchev–Trinajstić information content (AvgIpc) is 3.20. The molecule has 0 saturated heterocycles. The first-order chi connectivity index (χ1) is 28.3. The van der Waals surface area contributed by atoms with Gasteiger partial charge in [0.05, 0.1) is 19.8 Å². The molecule has 0 aromatic carbocycles. The lowest BCUT2D eigenvalue weighted by atomic mass is 9.90. The van der Waals surface area contributed by atoms with E-state index in [1.165, 1.54) is 141 Å². The number of H-pyrrole nitrogens is 1. The standard InChI is InChI=1S/C50H84N2O6/c1-6-9-11-13-15-17-19-21-23-25-27-29-31-33-38-57-49(54)46-42(4)51-43(5)47(48(46)44-36-35-37-52(40-44)41-45(53)56-8-3)50(55)58-39-34-32-30-28-26-24-22-20-18-16-14-12-10-7-2/h35,37,40H,6-34,36,38-39,41H2,1-5H3/p+1. The van der Waals surface area contributed by atoms with Gasteiger partial charge in [-0.25, -0.2) is 14.6 Å². The van der Waals surface area contributed by atoms with Gasteiger partial charge >= 0.3 is 17.9 Å². The van der Waals surface area contributed by atoms with Gasteiger partial charge in [-0.3, -0.25) is 4.79 Å². The van der Waals surface area contributed by atoms with Crippen LogP contribution in [0.3, 0.4) is 0 Å². The van der Waals surface area contributed by atoms with Crippen LogP contribution < -0.4 is 4.98 Å². The fourth-order valence-corrected chi connectivity index (χ4v) is 8.04. The first-order valence-electron chi connectivity index (χ1n) is 24.0. The molecule has 0 saturated carbocycles. The number of esters is 3. The molecule has 1 N–H and O–H groups in total. The van der Waals surface area contributed by atoms with Gasteiger partial charge in [0.15, 0.2) is 11.4 Å². The van der Waals surface area contributed by atoms with Gasteiger partial charge in [0.2, 0.25) is 0 Å². The fraction of sp³-hybridized carbons (Fsp3) is 0.760. The molecule has 58 heavy (non-hydrogen) atoms. The maximum atomic E-state index is 13.9. The Bertz CT molecular complexity index is 1270. The van der Waals surface area contributed by atoms with Gasteiger partial charge in [0, 0.05) is 31.8 Å². The summed E-state index contributed by atoms with van der Waals surface area (Å²) >= 11 is 0. The van der Waals surface area contributed by atoms with Crippen molar-refractivity contribution in [3.05, 3.63) is 46.6 Å². The molecule has 1 aliphatic rings. The summed E-state index contributed by atoms with van der Waals surface area (Å²) in [6, 6.07) is 0. The normalized spacial score (nSPS) is 12.5. The number of aryl methyl sites for hydroxylation is 2. The maximum Gasteiger partial charge on any atom is 0.345 e. The van der Waals surface area contributed by atoms with Crippen molar-refractivity contribution in [3.63, 3.8) is 0 Å². The van der Waals surface area contributed by atoms with Crippen LogP contribution in [-0.4, -0.2) is 49.2 Å². The SMILES string of the molecule is CCCCCCCCCCCCCCCCOC(=O)c1c(C)[nH+]c(C)c(C(=O)OCCCCCCCCCCCCCCCC)c1C1=CN(CC(=O)OCC)C=CC1. The molecule has 2 rings (SSSR count). The van der Waals surface area contributed by atoms with Crippen molar-refractivity contribution < 1.29 is 33.6 Å². The highest BCUT2D eigenvalue weighted by Gasteiger charge is 2.33. The number of hydrogen-bond acceptors (Lipinski definition) is 7. The van der Waals surface area contributed by atoms with Crippen LogP contribution in [0.1, 0.15) is 245 Å². The van der Waals surface area contributed by atoms with Gasteiger partial charge in [-0.05, 0) is 31.8 Å². The number of carbonyl (C=O) groups is 3. The summed E-state index contributed by atoms with van der Waals surface area (Å²) < 4.78 is 17.0. The molecule has 0 fully saturated rings. The predicted molar refractivity (Wildman–Crippen MR) is 239 cm³/mol. The topological polar surface area (TPSA) is 96.3 Å². The smallest absolute Gasteiger partial charge is 0.345 e. The van der Waals surface area contributed by atoms with Gasteiger partial charge in [-0.1, -0.05) is 187 Å². The Labute approximate surface area is 354 Å². The number of nitrogens with one attached hydrogen (secondary N) is 1. The first-order valence-corrected chi connectivity index (χ1v) is 24.0. The molecule has 8 heteroatoms. The summed E-state index contributed by atoms with van der Waals surface area (Å²) in [4.78, 5) is 45.1. The quantitative estimate of drug-likeness (QED) is 0.0378. The van der Waals surface area contributed by atoms with Gasteiger partial charge in [0.25, 0.3) is 0 Å². The molecular formula is C50H85N2O6+. The van der Waals surface area contributed by atoms with Crippen LogP contribution in [-0.2, 0) is 19.0 Å². The Balaban J connectivity index is 1.93. The molecule has 1 aliphatic heterocycles. The number of pyridine rings is 1. The van der Waals surface area contributed by atoms with E-state index in [2.05, 4.69) is 18.8 Å². The molecule has 2 heterocycles. The molecule has 0 unspecified atom stereocenters. The minimum Gasteiger partial charge on any atom is -0.465 e. The van der Waals surface area contributed by atoms with E-state index >= 15 is 0 Å². The molecular weight excluding hydrogens is 725 g/mol. The summed E-state index contributed by atoms with van der Waals surface area (Å²) in [5.74, 6) is -1.25. The van der Waals surface area contributed by atoms with Gasteiger partial charge in [0.1, 0.15) is 17.7 Å². The van der Waals surface area contributed by atoms with Crippen LogP contribution in [0.4, 0.5) is 0 Å². The van der Waals surface area contributed by atoms with Gasteiger partial charge in [-0.2, -0.15) is 0 Å². The summed E-state index contributed by atoms with van der Waals surface area (Å²) in [6.07, 6.45) is 41.4. The number of allylic oxidation sites excluding steroid dienone is 2. The Morgan fingerprint density at radius 3 is 1.26 bits per heavy atom. The van der Waals surface area contributed by atoms with E-state index in [-0.39, 0.29) is 12.5 Å². The molecule has 0 spiro atoms. The Morgan fingerprint density at radius 1 is 0.534 bits per heavy atom. The number of carbonyl (C=O) groups excluding carboxylic acids is 3. The van der Waals surface area contributed by atoms with E-state index in [9.17, 15) is 14.4 Å². The lowest BCUT2D eigenvalue weighted by Gasteiger charge is -2.23. The largest absolute Gasteiger partial charge is 0.465 e. The van der Waals surface area contributed by atoms with E-state index < -0.39 is 11.9 Å². The Kier molecular flexibility index (Phi) is 29.6. The monoisotopic (exact) mass is 810 g/mol. The van der Waals surface area contributed by atoms with E-state index in [1.807, 2.05) is 32.3 Å². The third-order valence-electron chi connectivity index (χ3n) is 11.4. The van der Waals surface area contributed by atoms with Crippen LogP contribution in [0.5, 0.6) is 0 Å². The number of aromatic nitrogens is 1. The number of aromatic amines is 1. The van der Waals surface area contributed by atoms with Gasteiger partial charge < -0.3 is 19.1 Å². The number of ether oxygens (including phenoxy) is 3. The number of nitrogens with zero attached hydrogens (tertiary/aromatic N) is 1. The number of rotatable bonds is 36. The lowest BCUT2D eigenvalue weighted by molar-refractivity contribution is -0.397. The van der Waals surface area contributed by atoms with Crippen molar-refractivity contribution >= 4 is 23.5 Å². The zero-order chi connectivity index (χ0) is 42.1. The molecule has 0 radical (unpaired) electrons. The Hall–Kier alpha value is -3.16. The van der Waals surface area contributed by atoms with Crippen molar-refractivity contribution in [2.75, 3.05) is 26.4 Å². The zero-order valence-corrected chi connectivity index (χ0v) is 38.0. The summed E-state index contributed by atoms with van der Waals surface area (Å²) in [6.45, 7) is 11.0. The Morgan fingerprint density at radius 2 is 0.897 bits per heavy atom. The molecule has 330 valence electrons. The molecule has 0 aliphatic carbocycles. The van der Waals surface area contributed by atoms with E-state index in [0.29, 0.717) is 54.3 Å². The van der Waals surface area contributed by atoms with Gasteiger partial charge in [-0.15, -0.1) is 0 Å². The second kappa shape index (κ2) is 33.6. The number of unbranched alkanes of at least 4 members (excludes halogenated alkanes) is 26. The van der Waals surface area contributed by atoms with Crippen molar-refractivity contribution in [1.82, 2.24) is 4.90 Å². The third kappa shape index (κ3) is 22.3. The van der Waals surface area contributed by atoms with Crippen molar-refractivity contribution in [2.24, 2.45) is 0 Å². The van der Waals surface area contributed by atoms with Crippen LogP contribution in [0, 0.1) is 13.8 Å². The van der Waals surface area contributed by atoms with Crippen molar-refractivity contribution in [2.45, 2.75) is 221 Å². The predicted octanol–water partition coefficient (Wildman–Crippen LogP) is 13.5. The zero-order valence-electron chi connectivity index (χ0n) is 38.0. The second-order valence-electron chi connectivity index (χ2n) is 16.7. The van der Waals surface area contributed by atoms with Crippen LogP contribution in [0.2, 0.25) is 0 Å². The fourth-order valence-electron chi connectivity index (χ4n) is 8.04.